The van der Waals surface area contributed by atoms with Crippen molar-refractivity contribution in [3.05, 3.63) is 29.6 Å². The van der Waals surface area contributed by atoms with Crippen LogP contribution >= 0.6 is 0 Å². The molecule has 1 atom stereocenters. The van der Waals surface area contributed by atoms with Crippen molar-refractivity contribution < 1.29 is 17.5 Å². The fourth-order valence-electron chi connectivity index (χ4n) is 1.76. The first-order valence-corrected chi connectivity index (χ1v) is 7.19. The molecule has 4 nitrogen and oxygen atoms in total. The lowest BCUT2D eigenvalue weighted by molar-refractivity contribution is 0.0255. The maximum Gasteiger partial charge on any atom is 0.175 e. The number of sulfone groups is 1. The van der Waals surface area contributed by atoms with Gasteiger partial charge in [-0.1, -0.05) is 6.07 Å². The van der Waals surface area contributed by atoms with E-state index < -0.39 is 15.7 Å². The first-order valence-electron chi connectivity index (χ1n) is 5.30. The van der Waals surface area contributed by atoms with Gasteiger partial charge in [-0.25, -0.2) is 12.8 Å². The Kier molecular flexibility index (Phi) is 3.46. The standard InChI is InChI=1S/C11H14FNO3S/c1-17(14,15)8-2-3-9(10(12)6-8)11-7-13-4-5-16-11/h2-3,6,11,13H,4-5,7H2,1H3. The normalized spacial score (nSPS) is 21.4. The fraction of sp³-hybridized carbons (Fsp3) is 0.455. The molecule has 1 unspecified atom stereocenters. The Morgan fingerprint density at radius 1 is 1.47 bits per heavy atom. The molecule has 1 heterocycles. The third-order valence-electron chi connectivity index (χ3n) is 2.67. The van der Waals surface area contributed by atoms with Gasteiger partial charge in [0.05, 0.1) is 17.6 Å². The van der Waals surface area contributed by atoms with Crippen molar-refractivity contribution in [1.29, 1.82) is 0 Å². The molecule has 94 valence electrons. The SMILES string of the molecule is CS(=O)(=O)c1ccc(C2CNCCO2)c(F)c1. The summed E-state index contributed by atoms with van der Waals surface area (Å²) >= 11 is 0. The molecule has 0 bridgehead atoms. The van der Waals surface area contributed by atoms with E-state index in [2.05, 4.69) is 5.32 Å². The first kappa shape index (κ1) is 12.5. The van der Waals surface area contributed by atoms with Gasteiger partial charge >= 0.3 is 0 Å². The second-order valence-corrected chi connectivity index (χ2v) is 6.03. The molecule has 0 radical (unpaired) electrons. The molecule has 1 aliphatic heterocycles. The van der Waals surface area contributed by atoms with E-state index in [1.165, 1.54) is 12.1 Å². The molecule has 0 aliphatic carbocycles. The van der Waals surface area contributed by atoms with Gasteiger partial charge in [-0.2, -0.15) is 0 Å². The summed E-state index contributed by atoms with van der Waals surface area (Å²) in [5.74, 6) is -0.540. The molecule has 17 heavy (non-hydrogen) atoms. The first-order chi connectivity index (χ1) is 7.98. The number of hydrogen-bond acceptors (Lipinski definition) is 4. The molecule has 6 heteroatoms. The number of halogens is 1. The minimum absolute atomic E-state index is 0.0116. The van der Waals surface area contributed by atoms with Crippen LogP contribution in [0.3, 0.4) is 0 Å². The Hall–Kier alpha value is -0.980. The average Bonchev–Trinajstić information content (AvgIpc) is 2.29. The molecule has 1 aliphatic rings. The third kappa shape index (κ3) is 2.83. The van der Waals surface area contributed by atoms with Crippen LogP contribution in [0.25, 0.3) is 0 Å². The number of benzene rings is 1. The maximum atomic E-state index is 13.8. The van der Waals surface area contributed by atoms with E-state index in [9.17, 15) is 12.8 Å². The predicted octanol–water partition coefficient (Wildman–Crippen LogP) is 0.890. The molecule has 1 aromatic carbocycles. The monoisotopic (exact) mass is 259 g/mol. The zero-order valence-electron chi connectivity index (χ0n) is 9.44. The zero-order chi connectivity index (χ0) is 12.5. The highest BCUT2D eigenvalue weighted by atomic mass is 32.2. The Morgan fingerprint density at radius 3 is 2.76 bits per heavy atom. The summed E-state index contributed by atoms with van der Waals surface area (Å²) in [5, 5.41) is 3.10. The van der Waals surface area contributed by atoms with Crippen LogP contribution in [0.1, 0.15) is 11.7 Å². The Labute approximate surface area is 99.7 Å². The highest BCUT2D eigenvalue weighted by molar-refractivity contribution is 7.90. The summed E-state index contributed by atoms with van der Waals surface area (Å²) in [7, 11) is -3.37. The van der Waals surface area contributed by atoms with Gasteiger partial charge in [-0.05, 0) is 12.1 Å². The van der Waals surface area contributed by atoms with Crippen molar-refractivity contribution in [2.24, 2.45) is 0 Å². The number of hydrogen-bond donors (Lipinski definition) is 1. The van der Waals surface area contributed by atoms with Gasteiger partial charge in [-0.3, -0.25) is 0 Å². The quantitative estimate of drug-likeness (QED) is 0.857. The maximum absolute atomic E-state index is 13.8. The van der Waals surface area contributed by atoms with Crippen LogP contribution in [0.4, 0.5) is 4.39 Å². The van der Waals surface area contributed by atoms with Crippen molar-refractivity contribution in [1.82, 2.24) is 5.32 Å². The summed E-state index contributed by atoms with van der Waals surface area (Å²) in [6, 6.07) is 3.93. The van der Waals surface area contributed by atoms with Crippen molar-refractivity contribution in [3.8, 4) is 0 Å². The Bertz CT molecular complexity index is 509. The molecular weight excluding hydrogens is 245 g/mol. The fourth-order valence-corrected chi connectivity index (χ4v) is 2.40. The lowest BCUT2D eigenvalue weighted by Gasteiger charge is -2.24. The van der Waals surface area contributed by atoms with Crippen LogP contribution in [0, 0.1) is 5.82 Å². The van der Waals surface area contributed by atoms with Crippen molar-refractivity contribution in [2.75, 3.05) is 26.0 Å². The molecule has 2 rings (SSSR count). The van der Waals surface area contributed by atoms with Gasteiger partial charge in [0.15, 0.2) is 9.84 Å². The van der Waals surface area contributed by atoms with E-state index in [1.807, 2.05) is 0 Å². The number of rotatable bonds is 2. The third-order valence-corrected chi connectivity index (χ3v) is 3.78. The summed E-state index contributed by atoms with van der Waals surface area (Å²) < 4.78 is 41.7. The van der Waals surface area contributed by atoms with Crippen molar-refractivity contribution in [3.63, 3.8) is 0 Å². The van der Waals surface area contributed by atoms with Crippen molar-refractivity contribution in [2.45, 2.75) is 11.0 Å². The average molecular weight is 259 g/mol. The Morgan fingerprint density at radius 2 is 2.24 bits per heavy atom. The molecule has 0 spiro atoms. The molecule has 0 aromatic heterocycles. The lowest BCUT2D eigenvalue weighted by atomic mass is 10.1. The zero-order valence-corrected chi connectivity index (χ0v) is 10.3. The largest absolute Gasteiger partial charge is 0.371 e. The van der Waals surface area contributed by atoms with E-state index in [1.54, 1.807) is 0 Å². The molecular formula is C11H14FNO3S. The number of ether oxygens (including phenoxy) is 1. The smallest absolute Gasteiger partial charge is 0.175 e. The highest BCUT2D eigenvalue weighted by Crippen LogP contribution is 2.24. The van der Waals surface area contributed by atoms with E-state index in [0.717, 1.165) is 18.9 Å². The van der Waals surface area contributed by atoms with E-state index in [4.69, 9.17) is 4.74 Å². The molecule has 1 aromatic rings. The molecule has 1 N–H and O–H groups in total. The van der Waals surface area contributed by atoms with Crippen molar-refractivity contribution >= 4 is 9.84 Å². The van der Waals surface area contributed by atoms with E-state index >= 15 is 0 Å². The van der Waals surface area contributed by atoms with Crippen LogP contribution < -0.4 is 5.32 Å². The van der Waals surface area contributed by atoms with Gasteiger partial charge in [0.1, 0.15) is 5.82 Å². The summed E-state index contributed by atoms with van der Waals surface area (Å²) in [4.78, 5) is -0.0116. The van der Waals surface area contributed by atoms with Crippen LogP contribution in [0.5, 0.6) is 0 Å². The summed E-state index contributed by atoms with van der Waals surface area (Å²) in [5.41, 5.74) is 0.393. The summed E-state index contributed by atoms with van der Waals surface area (Å²) in [6.07, 6.45) is 0.706. The minimum Gasteiger partial charge on any atom is -0.371 e. The number of nitrogens with one attached hydrogen (secondary N) is 1. The van der Waals surface area contributed by atoms with Gasteiger partial charge in [0.2, 0.25) is 0 Å². The van der Waals surface area contributed by atoms with Crippen LogP contribution in [0.2, 0.25) is 0 Å². The van der Waals surface area contributed by atoms with Crippen LogP contribution in [-0.4, -0.2) is 34.4 Å². The lowest BCUT2D eigenvalue weighted by Crippen LogP contribution is -2.33. The second kappa shape index (κ2) is 4.72. The Balaban J connectivity index is 2.31. The van der Waals surface area contributed by atoms with Gasteiger partial charge in [0, 0.05) is 24.9 Å². The molecule has 1 fully saturated rings. The van der Waals surface area contributed by atoms with Gasteiger partial charge < -0.3 is 10.1 Å². The van der Waals surface area contributed by atoms with Gasteiger partial charge in [-0.15, -0.1) is 0 Å². The molecule has 0 saturated carbocycles. The highest BCUT2D eigenvalue weighted by Gasteiger charge is 2.20. The number of morpholine rings is 1. The molecule has 0 amide bonds. The summed E-state index contributed by atoms with van der Waals surface area (Å²) in [6.45, 7) is 1.81. The second-order valence-electron chi connectivity index (χ2n) is 4.02. The van der Waals surface area contributed by atoms with Crippen LogP contribution in [-0.2, 0) is 14.6 Å². The van der Waals surface area contributed by atoms with E-state index in [0.29, 0.717) is 18.7 Å². The molecule has 1 saturated heterocycles. The topological polar surface area (TPSA) is 55.4 Å². The predicted molar refractivity (Wildman–Crippen MR) is 61.1 cm³/mol. The van der Waals surface area contributed by atoms with E-state index in [-0.39, 0.29) is 11.0 Å². The van der Waals surface area contributed by atoms with Gasteiger partial charge in [0.25, 0.3) is 0 Å². The minimum atomic E-state index is -3.37. The van der Waals surface area contributed by atoms with Crippen LogP contribution in [0.15, 0.2) is 23.1 Å².